The highest BCUT2D eigenvalue weighted by Crippen LogP contribution is 2.36. The summed E-state index contributed by atoms with van der Waals surface area (Å²) in [6, 6.07) is 1.82. The maximum atomic E-state index is 12.9. The van der Waals surface area contributed by atoms with E-state index in [-0.39, 0.29) is 24.9 Å². The van der Waals surface area contributed by atoms with Crippen LogP contribution in [0.4, 0.5) is 17.6 Å². The topological polar surface area (TPSA) is 69.6 Å². The Kier molecular flexibility index (Phi) is 5.68. The van der Waals surface area contributed by atoms with Crippen molar-refractivity contribution >= 4 is 5.91 Å². The van der Waals surface area contributed by atoms with Gasteiger partial charge in [-0.3, -0.25) is 4.79 Å². The average Bonchev–Trinajstić information content (AvgIpc) is 2.36. The Labute approximate surface area is 118 Å². The van der Waals surface area contributed by atoms with Gasteiger partial charge in [-0.25, -0.2) is 4.39 Å². The van der Waals surface area contributed by atoms with Crippen molar-refractivity contribution in [1.29, 1.82) is 0 Å². The van der Waals surface area contributed by atoms with Crippen LogP contribution < -0.4 is 5.32 Å². The van der Waals surface area contributed by atoms with Crippen molar-refractivity contribution in [2.45, 2.75) is 31.7 Å². The van der Waals surface area contributed by atoms with Crippen LogP contribution in [-0.4, -0.2) is 28.8 Å². The summed E-state index contributed by atoms with van der Waals surface area (Å²) in [7, 11) is 0. The van der Waals surface area contributed by atoms with Gasteiger partial charge in [0.2, 0.25) is 5.91 Å². The zero-order valence-electron chi connectivity index (χ0n) is 11.1. The highest BCUT2D eigenvalue weighted by Gasteiger charge is 2.36. The third kappa shape index (κ3) is 4.98. The van der Waals surface area contributed by atoms with E-state index in [1.165, 1.54) is 6.92 Å². The summed E-state index contributed by atoms with van der Waals surface area (Å²) in [5.74, 6) is -1.46. The maximum absolute atomic E-state index is 12.9. The van der Waals surface area contributed by atoms with Crippen LogP contribution in [0.5, 0.6) is 0 Å². The summed E-state index contributed by atoms with van der Waals surface area (Å²) >= 11 is 0. The van der Waals surface area contributed by atoms with Crippen molar-refractivity contribution in [2.75, 3.05) is 6.54 Å². The number of carbonyl (C=O) groups excluding carboxylic acids is 1. The minimum Gasteiger partial charge on any atom is -0.390 e. The summed E-state index contributed by atoms with van der Waals surface area (Å²) in [5, 5.41) is 21.8. The molecule has 0 aliphatic rings. The number of aliphatic hydroxyl groups is 2. The third-order valence-electron chi connectivity index (χ3n) is 2.82. The number of nitrogens with one attached hydrogen (secondary N) is 1. The van der Waals surface area contributed by atoms with Crippen LogP contribution >= 0.6 is 0 Å². The predicted molar refractivity (Wildman–Crippen MR) is 65.7 cm³/mol. The molecule has 118 valence electrons. The number of alkyl halides is 3. The van der Waals surface area contributed by atoms with Crippen LogP contribution in [0.25, 0.3) is 0 Å². The average molecular weight is 309 g/mol. The fraction of sp³-hybridized carbons (Fsp3) is 0.462. The Hall–Kier alpha value is -1.67. The van der Waals surface area contributed by atoms with Crippen molar-refractivity contribution in [3.8, 4) is 0 Å². The van der Waals surface area contributed by atoms with Crippen molar-refractivity contribution in [2.24, 2.45) is 0 Å². The van der Waals surface area contributed by atoms with Gasteiger partial charge in [-0.05, 0) is 24.1 Å². The summed E-state index contributed by atoms with van der Waals surface area (Å²) in [4.78, 5) is 10.6. The number of hydrogen-bond acceptors (Lipinski definition) is 3. The van der Waals surface area contributed by atoms with Gasteiger partial charge in [-0.2, -0.15) is 13.2 Å². The molecule has 0 spiro atoms. The molecule has 0 aliphatic carbocycles. The van der Waals surface area contributed by atoms with E-state index < -0.39 is 35.3 Å². The molecule has 0 heterocycles. The lowest BCUT2D eigenvalue weighted by Crippen LogP contribution is -2.28. The molecule has 0 radical (unpaired) electrons. The van der Waals surface area contributed by atoms with E-state index in [1.54, 1.807) is 0 Å². The number of carbonyl (C=O) groups is 1. The molecule has 1 rings (SSSR count). The van der Waals surface area contributed by atoms with E-state index in [4.69, 9.17) is 0 Å². The van der Waals surface area contributed by atoms with Gasteiger partial charge < -0.3 is 15.5 Å². The van der Waals surface area contributed by atoms with Crippen molar-refractivity contribution in [3.05, 3.63) is 35.1 Å². The normalized spacial score (nSPS) is 14.6. The first-order valence-electron chi connectivity index (χ1n) is 6.10. The molecule has 2 unspecified atom stereocenters. The summed E-state index contributed by atoms with van der Waals surface area (Å²) in [6.45, 7) is 1.24. The zero-order valence-corrected chi connectivity index (χ0v) is 11.1. The van der Waals surface area contributed by atoms with Crippen LogP contribution in [0.1, 0.15) is 30.6 Å². The van der Waals surface area contributed by atoms with Crippen LogP contribution in [0, 0.1) is 5.82 Å². The van der Waals surface area contributed by atoms with Gasteiger partial charge in [0, 0.05) is 13.5 Å². The smallest absolute Gasteiger partial charge is 0.390 e. The zero-order chi connectivity index (χ0) is 16.2. The summed E-state index contributed by atoms with van der Waals surface area (Å²) in [6.07, 6.45) is -8.36. The molecule has 0 aliphatic heterocycles. The van der Waals surface area contributed by atoms with E-state index in [0.29, 0.717) is 0 Å². The first-order chi connectivity index (χ1) is 9.62. The molecule has 2 atom stereocenters. The standard InChI is InChI=1S/C13H15F4NO3/c1-7(19)18-5-4-11(20)12(21)9-3-2-8(14)6-10(9)13(15,16)17/h2-3,6,11-12,20-21H,4-5H2,1H3,(H,18,19). The van der Waals surface area contributed by atoms with Gasteiger partial charge in [-0.1, -0.05) is 6.07 Å². The first-order valence-corrected chi connectivity index (χ1v) is 6.10. The fourth-order valence-corrected chi connectivity index (χ4v) is 1.79. The Morgan fingerprint density at radius 2 is 1.95 bits per heavy atom. The number of aliphatic hydroxyl groups excluding tert-OH is 2. The van der Waals surface area contributed by atoms with Crippen LogP contribution in [-0.2, 0) is 11.0 Å². The Morgan fingerprint density at radius 1 is 1.33 bits per heavy atom. The molecule has 21 heavy (non-hydrogen) atoms. The lowest BCUT2D eigenvalue weighted by molar-refractivity contribution is -0.140. The monoisotopic (exact) mass is 309 g/mol. The molecule has 8 heteroatoms. The van der Waals surface area contributed by atoms with Crippen LogP contribution in [0.3, 0.4) is 0 Å². The van der Waals surface area contributed by atoms with Crippen LogP contribution in [0.2, 0.25) is 0 Å². The first kappa shape index (κ1) is 17.4. The second kappa shape index (κ2) is 6.86. The number of hydrogen-bond donors (Lipinski definition) is 3. The molecular formula is C13H15F4NO3. The fourth-order valence-electron chi connectivity index (χ4n) is 1.79. The molecule has 0 saturated carbocycles. The van der Waals surface area contributed by atoms with Crippen molar-refractivity contribution in [3.63, 3.8) is 0 Å². The second-order valence-electron chi connectivity index (χ2n) is 4.51. The molecule has 0 aromatic heterocycles. The van der Waals surface area contributed by atoms with Gasteiger partial charge in [0.15, 0.2) is 0 Å². The lowest BCUT2D eigenvalue weighted by Gasteiger charge is -2.22. The quantitative estimate of drug-likeness (QED) is 0.726. The second-order valence-corrected chi connectivity index (χ2v) is 4.51. The Balaban J connectivity index is 2.91. The molecule has 0 bridgehead atoms. The number of amides is 1. The molecular weight excluding hydrogens is 294 g/mol. The Bertz CT molecular complexity index is 505. The summed E-state index contributed by atoms with van der Waals surface area (Å²) < 4.78 is 51.3. The van der Waals surface area contributed by atoms with Crippen molar-refractivity contribution in [1.82, 2.24) is 5.32 Å². The molecule has 4 nitrogen and oxygen atoms in total. The van der Waals surface area contributed by atoms with E-state index in [0.717, 1.165) is 12.1 Å². The Morgan fingerprint density at radius 3 is 2.48 bits per heavy atom. The number of benzene rings is 1. The van der Waals surface area contributed by atoms with Gasteiger partial charge in [0.1, 0.15) is 11.9 Å². The number of halogens is 4. The van der Waals surface area contributed by atoms with Crippen LogP contribution in [0.15, 0.2) is 18.2 Å². The van der Waals surface area contributed by atoms with E-state index in [9.17, 15) is 32.6 Å². The van der Waals surface area contributed by atoms with E-state index >= 15 is 0 Å². The van der Waals surface area contributed by atoms with Gasteiger partial charge >= 0.3 is 6.18 Å². The van der Waals surface area contributed by atoms with Crippen molar-refractivity contribution < 1.29 is 32.6 Å². The SMILES string of the molecule is CC(=O)NCCC(O)C(O)c1ccc(F)cc1C(F)(F)F. The molecule has 1 aromatic carbocycles. The van der Waals surface area contributed by atoms with E-state index in [2.05, 4.69) is 5.32 Å². The minimum atomic E-state index is -4.85. The third-order valence-corrected chi connectivity index (χ3v) is 2.82. The van der Waals surface area contributed by atoms with E-state index in [1.807, 2.05) is 0 Å². The molecule has 0 fully saturated rings. The molecule has 3 N–H and O–H groups in total. The molecule has 1 amide bonds. The predicted octanol–water partition coefficient (Wildman–Crippen LogP) is 1.76. The highest BCUT2D eigenvalue weighted by atomic mass is 19.4. The minimum absolute atomic E-state index is 0.00386. The summed E-state index contributed by atoms with van der Waals surface area (Å²) in [5.41, 5.74) is -1.95. The lowest BCUT2D eigenvalue weighted by atomic mass is 9.96. The van der Waals surface area contributed by atoms with Gasteiger partial charge in [-0.15, -0.1) is 0 Å². The highest BCUT2D eigenvalue weighted by molar-refractivity contribution is 5.72. The number of rotatable bonds is 5. The maximum Gasteiger partial charge on any atom is 0.416 e. The largest absolute Gasteiger partial charge is 0.416 e. The molecule has 1 aromatic rings. The molecule has 0 saturated heterocycles. The van der Waals surface area contributed by atoms with Gasteiger partial charge in [0.25, 0.3) is 0 Å². The van der Waals surface area contributed by atoms with Gasteiger partial charge in [0.05, 0.1) is 11.7 Å².